The largest absolute Gasteiger partial charge is 0.318 e. The Labute approximate surface area is 157 Å². The molecule has 1 aliphatic rings. The minimum atomic E-state index is -3.82. The normalized spacial score (nSPS) is 14.3. The number of nitrogens with two attached hydrogens (primary N) is 1. The monoisotopic (exact) mass is 406 g/mol. The second-order valence-electron chi connectivity index (χ2n) is 6.09. The Balaban J connectivity index is 1.69. The van der Waals surface area contributed by atoms with Crippen molar-refractivity contribution >= 4 is 38.7 Å². The Bertz CT molecular complexity index is 1130. The molecule has 0 atom stereocenters. The predicted molar refractivity (Wildman–Crippen MR) is 99.4 cm³/mol. The zero-order valence-electron chi connectivity index (χ0n) is 13.7. The number of nitrogens with one attached hydrogen (secondary N) is 2. The van der Waals surface area contributed by atoms with E-state index in [2.05, 4.69) is 20.5 Å². The summed E-state index contributed by atoms with van der Waals surface area (Å²) in [4.78, 5) is 15.6. The molecule has 10 nitrogen and oxygen atoms in total. The average molecular weight is 406 g/mol. The molecule has 0 aromatic carbocycles. The molecule has 12 heteroatoms. The number of anilines is 2. The van der Waals surface area contributed by atoms with Gasteiger partial charge in [0.1, 0.15) is 4.21 Å². The van der Waals surface area contributed by atoms with Gasteiger partial charge in [0.2, 0.25) is 15.8 Å². The van der Waals surface area contributed by atoms with Crippen LogP contribution in [-0.4, -0.2) is 28.5 Å². The number of aromatic nitrogens is 3. The van der Waals surface area contributed by atoms with Crippen LogP contribution in [0.1, 0.15) is 24.5 Å². The minimum Gasteiger partial charge on any atom is -0.318 e. The highest BCUT2D eigenvalue weighted by atomic mass is 32.2. The third-order valence-corrected chi connectivity index (χ3v) is 6.59. The number of H-pyrrole nitrogens is 1. The Kier molecular flexibility index (Phi) is 4.17. The Morgan fingerprint density at radius 2 is 2.07 bits per heavy atom. The van der Waals surface area contributed by atoms with E-state index in [1.54, 1.807) is 12.1 Å². The maximum Gasteiger partial charge on any atom is 0.311 e. The second kappa shape index (κ2) is 6.40. The van der Waals surface area contributed by atoms with Gasteiger partial charge in [-0.3, -0.25) is 15.2 Å². The van der Waals surface area contributed by atoms with Crippen molar-refractivity contribution in [2.75, 3.05) is 5.32 Å². The third kappa shape index (κ3) is 3.67. The van der Waals surface area contributed by atoms with Crippen molar-refractivity contribution in [3.63, 3.8) is 0 Å². The Morgan fingerprint density at radius 1 is 1.30 bits per heavy atom. The molecule has 3 aromatic rings. The lowest BCUT2D eigenvalue weighted by atomic mass is 10.2. The molecule has 4 N–H and O–H groups in total. The summed E-state index contributed by atoms with van der Waals surface area (Å²) in [5.74, 6) is 0.919. The summed E-state index contributed by atoms with van der Waals surface area (Å²) in [6.45, 7) is 0. The number of hydrogen-bond acceptors (Lipinski definition) is 8. The van der Waals surface area contributed by atoms with Crippen molar-refractivity contribution < 1.29 is 13.3 Å². The number of primary sulfonamides is 1. The summed E-state index contributed by atoms with van der Waals surface area (Å²) in [6.07, 6.45) is 2.19. The van der Waals surface area contributed by atoms with Crippen LogP contribution in [0.2, 0.25) is 0 Å². The maximum absolute atomic E-state index is 11.4. The van der Waals surface area contributed by atoms with Gasteiger partial charge in [-0.25, -0.2) is 18.5 Å². The quantitative estimate of drug-likeness (QED) is 0.419. The van der Waals surface area contributed by atoms with Crippen molar-refractivity contribution in [2.45, 2.75) is 23.0 Å². The lowest BCUT2D eigenvalue weighted by Crippen LogP contribution is -2.09. The van der Waals surface area contributed by atoms with E-state index in [1.165, 1.54) is 18.2 Å². The molecule has 140 valence electrons. The molecular formula is C15H14N6O4S2. The van der Waals surface area contributed by atoms with E-state index in [-0.39, 0.29) is 15.7 Å². The predicted octanol–water partition coefficient (Wildman–Crippen LogP) is 2.71. The first-order valence-corrected chi connectivity index (χ1v) is 10.3. The molecule has 0 saturated heterocycles. The zero-order chi connectivity index (χ0) is 19.2. The van der Waals surface area contributed by atoms with E-state index in [1.807, 2.05) is 0 Å². The molecule has 27 heavy (non-hydrogen) atoms. The number of pyridine rings is 1. The van der Waals surface area contributed by atoms with E-state index in [0.29, 0.717) is 22.3 Å². The first kappa shape index (κ1) is 17.6. The van der Waals surface area contributed by atoms with Crippen LogP contribution in [0.25, 0.3) is 10.6 Å². The molecule has 4 rings (SSSR count). The molecule has 0 amide bonds. The van der Waals surface area contributed by atoms with Crippen LogP contribution in [0.3, 0.4) is 0 Å². The van der Waals surface area contributed by atoms with Gasteiger partial charge in [0.25, 0.3) is 0 Å². The fourth-order valence-electron chi connectivity index (χ4n) is 2.56. The highest BCUT2D eigenvalue weighted by Gasteiger charge is 2.26. The first-order valence-electron chi connectivity index (χ1n) is 7.92. The summed E-state index contributed by atoms with van der Waals surface area (Å²) in [5, 5.41) is 26.4. The van der Waals surface area contributed by atoms with E-state index < -0.39 is 14.9 Å². The van der Waals surface area contributed by atoms with Crippen LogP contribution < -0.4 is 10.5 Å². The van der Waals surface area contributed by atoms with Gasteiger partial charge in [0.05, 0.1) is 15.5 Å². The summed E-state index contributed by atoms with van der Waals surface area (Å²) >= 11 is 0.944. The Hall–Kier alpha value is -2.83. The standard InChI is InChI=1S/C15H14N6O4S2/c16-27(24,25)14-6-5-12(26-14)9-3-4-11(21(22)23)15(17-9)18-13-7-10(19-20-13)8-1-2-8/h3-8H,1-2H2,(H2,16,24,25)(H2,17,18,19,20). The van der Waals surface area contributed by atoms with Crippen molar-refractivity contribution in [3.05, 3.63) is 46.1 Å². The van der Waals surface area contributed by atoms with Crippen molar-refractivity contribution in [3.8, 4) is 10.6 Å². The van der Waals surface area contributed by atoms with Crippen LogP contribution in [0.4, 0.5) is 17.3 Å². The van der Waals surface area contributed by atoms with Gasteiger partial charge in [0, 0.05) is 23.7 Å². The van der Waals surface area contributed by atoms with Crippen LogP contribution in [-0.2, 0) is 10.0 Å². The topological polar surface area (TPSA) is 157 Å². The third-order valence-electron chi connectivity index (χ3n) is 4.05. The zero-order valence-corrected chi connectivity index (χ0v) is 15.4. The van der Waals surface area contributed by atoms with E-state index in [4.69, 9.17) is 5.14 Å². The number of nitrogens with zero attached hydrogens (tertiary/aromatic N) is 3. The van der Waals surface area contributed by atoms with Crippen molar-refractivity contribution in [1.29, 1.82) is 0 Å². The minimum absolute atomic E-state index is 0.00598. The number of thiophene rings is 1. The smallest absolute Gasteiger partial charge is 0.311 e. The number of nitro groups is 1. The van der Waals surface area contributed by atoms with E-state index >= 15 is 0 Å². The Morgan fingerprint density at radius 3 is 2.70 bits per heavy atom. The first-order chi connectivity index (χ1) is 12.8. The number of hydrogen-bond donors (Lipinski definition) is 3. The number of aromatic amines is 1. The van der Waals surface area contributed by atoms with Crippen molar-refractivity contribution in [1.82, 2.24) is 15.2 Å². The van der Waals surface area contributed by atoms with E-state index in [0.717, 1.165) is 29.9 Å². The fourth-order valence-corrected chi connectivity index (χ4v) is 4.26. The van der Waals surface area contributed by atoms with E-state index in [9.17, 15) is 18.5 Å². The number of sulfonamides is 1. The average Bonchev–Trinajstić information content (AvgIpc) is 3.14. The summed E-state index contributed by atoms with van der Waals surface area (Å²) < 4.78 is 22.9. The molecule has 0 unspecified atom stereocenters. The summed E-state index contributed by atoms with van der Waals surface area (Å²) in [7, 11) is -3.82. The molecule has 3 heterocycles. The molecule has 0 bridgehead atoms. The SMILES string of the molecule is NS(=O)(=O)c1ccc(-c2ccc([N+](=O)[O-])c(Nc3cc(C4CC4)[nH]n3)n2)s1. The molecule has 0 spiro atoms. The van der Waals surface area contributed by atoms with Gasteiger partial charge in [0.15, 0.2) is 5.82 Å². The van der Waals surface area contributed by atoms with Gasteiger partial charge in [-0.15, -0.1) is 11.3 Å². The molecule has 0 radical (unpaired) electrons. The van der Waals surface area contributed by atoms with Crippen LogP contribution in [0.15, 0.2) is 34.5 Å². The van der Waals surface area contributed by atoms with Gasteiger partial charge in [-0.1, -0.05) is 0 Å². The van der Waals surface area contributed by atoms with Crippen molar-refractivity contribution in [2.24, 2.45) is 5.14 Å². The fraction of sp³-hybridized carbons (Fsp3) is 0.200. The van der Waals surface area contributed by atoms with Gasteiger partial charge in [-0.05, 0) is 31.0 Å². The van der Waals surface area contributed by atoms with Gasteiger partial charge >= 0.3 is 5.69 Å². The molecule has 1 aliphatic carbocycles. The van der Waals surface area contributed by atoms with Gasteiger partial charge < -0.3 is 5.32 Å². The number of rotatable bonds is 6. The van der Waals surface area contributed by atoms with Crippen LogP contribution in [0.5, 0.6) is 0 Å². The highest BCUT2D eigenvalue weighted by Crippen LogP contribution is 2.40. The van der Waals surface area contributed by atoms with Crippen LogP contribution in [0, 0.1) is 10.1 Å². The second-order valence-corrected chi connectivity index (χ2v) is 8.96. The highest BCUT2D eigenvalue weighted by molar-refractivity contribution is 7.91. The maximum atomic E-state index is 11.4. The molecule has 1 saturated carbocycles. The molecular weight excluding hydrogens is 392 g/mol. The molecule has 1 fully saturated rings. The molecule has 3 aromatic heterocycles. The molecule has 0 aliphatic heterocycles. The summed E-state index contributed by atoms with van der Waals surface area (Å²) in [6, 6.07) is 7.51. The lowest BCUT2D eigenvalue weighted by molar-refractivity contribution is -0.384. The lowest BCUT2D eigenvalue weighted by Gasteiger charge is -2.05. The van der Waals surface area contributed by atoms with Crippen LogP contribution >= 0.6 is 11.3 Å². The van der Waals surface area contributed by atoms with Gasteiger partial charge in [-0.2, -0.15) is 5.10 Å². The summed E-state index contributed by atoms with van der Waals surface area (Å²) in [5.41, 5.74) is 1.16.